The van der Waals surface area contributed by atoms with E-state index in [2.05, 4.69) is 10.2 Å². The minimum absolute atomic E-state index is 0.0152. The minimum atomic E-state index is -0.0152. The molecule has 0 fully saturated rings. The molecular formula is C12H14ClN3O2. The third kappa shape index (κ3) is 2.53. The zero-order chi connectivity index (χ0) is 13.0. The van der Waals surface area contributed by atoms with Crippen LogP contribution in [0.3, 0.4) is 0 Å². The number of nitrogens with zero attached hydrogens (tertiary/aromatic N) is 3. The molecule has 0 aliphatic rings. The lowest BCUT2D eigenvalue weighted by Crippen LogP contribution is -2.30. The smallest absolute Gasteiger partial charge is 0.159 e. The molecule has 0 unspecified atom stereocenters. The first-order valence-corrected chi connectivity index (χ1v) is 6.03. The third-order valence-corrected chi connectivity index (χ3v) is 2.94. The maximum Gasteiger partial charge on any atom is 0.159 e. The van der Waals surface area contributed by atoms with E-state index < -0.39 is 0 Å². The third-order valence-electron chi connectivity index (χ3n) is 2.66. The number of hydrogen-bond donors (Lipinski definition) is 2. The normalized spacial score (nSPS) is 10.8. The van der Waals surface area contributed by atoms with Gasteiger partial charge in [-0.05, 0) is 0 Å². The Morgan fingerprint density at radius 1 is 1.00 bits per heavy atom. The van der Waals surface area contributed by atoms with E-state index in [4.69, 9.17) is 21.8 Å². The van der Waals surface area contributed by atoms with E-state index in [1.54, 1.807) is 4.90 Å². The van der Waals surface area contributed by atoms with Crippen LogP contribution in [0.1, 0.15) is 0 Å². The van der Waals surface area contributed by atoms with Gasteiger partial charge in [0.1, 0.15) is 0 Å². The first kappa shape index (κ1) is 13.0. The quantitative estimate of drug-likeness (QED) is 0.848. The highest BCUT2D eigenvalue weighted by atomic mass is 35.5. The zero-order valence-electron chi connectivity index (χ0n) is 9.75. The molecule has 0 aliphatic carbocycles. The van der Waals surface area contributed by atoms with Crippen LogP contribution in [0, 0.1) is 0 Å². The second kappa shape index (κ2) is 5.95. The predicted octanol–water partition coefficient (Wildman–Crippen LogP) is 1.07. The van der Waals surface area contributed by atoms with Crippen molar-refractivity contribution >= 4 is 28.2 Å². The molecule has 0 aliphatic heterocycles. The molecule has 0 bridgehead atoms. The number of hydrogen-bond acceptors (Lipinski definition) is 5. The number of rotatable bonds is 5. The van der Waals surface area contributed by atoms with Gasteiger partial charge in [-0.2, -0.15) is 0 Å². The number of aliphatic hydroxyl groups excluding tert-OH is 2. The van der Waals surface area contributed by atoms with E-state index in [9.17, 15) is 0 Å². The lowest BCUT2D eigenvalue weighted by Gasteiger charge is -2.22. The van der Waals surface area contributed by atoms with Crippen LogP contribution < -0.4 is 4.90 Å². The molecule has 96 valence electrons. The Bertz CT molecular complexity index is 530. The number of aliphatic hydroxyl groups is 2. The molecular weight excluding hydrogens is 254 g/mol. The second-order valence-electron chi connectivity index (χ2n) is 3.79. The van der Waals surface area contributed by atoms with E-state index in [0.29, 0.717) is 24.1 Å². The van der Waals surface area contributed by atoms with Crippen LogP contribution in [-0.2, 0) is 0 Å². The summed E-state index contributed by atoms with van der Waals surface area (Å²) in [7, 11) is 0. The lowest BCUT2D eigenvalue weighted by atomic mass is 10.2. The van der Waals surface area contributed by atoms with Gasteiger partial charge in [0.15, 0.2) is 11.0 Å². The van der Waals surface area contributed by atoms with Gasteiger partial charge >= 0.3 is 0 Å². The van der Waals surface area contributed by atoms with E-state index in [-0.39, 0.29) is 13.2 Å². The number of aromatic nitrogens is 2. The van der Waals surface area contributed by atoms with Gasteiger partial charge in [-0.25, -0.2) is 0 Å². The summed E-state index contributed by atoms with van der Waals surface area (Å²) in [6.45, 7) is 0.749. The lowest BCUT2D eigenvalue weighted by molar-refractivity contribution is 0.280. The second-order valence-corrected chi connectivity index (χ2v) is 4.15. The highest BCUT2D eigenvalue weighted by molar-refractivity contribution is 6.34. The average Bonchev–Trinajstić information content (AvgIpc) is 2.39. The Morgan fingerprint density at radius 3 is 2.22 bits per heavy atom. The molecule has 0 spiro atoms. The van der Waals surface area contributed by atoms with Crippen molar-refractivity contribution in [2.45, 2.75) is 0 Å². The number of benzene rings is 1. The van der Waals surface area contributed by atoms with Crippen molar-refractivity contribution in [3.63, 3.8) is 0 Å². The summed E-state index contributed by atoms with van der Waals surface area (Å²) in [5, 5.41) is 28.1. The summed E-state index contributed by atoms with van der Waals surface area (Å²) in [5.74, 6) is 0.623. The van der Waals surface area contributed by atoms with Crippen molar-refractivity contribution in [3.05, 3.63) is 29.4 Å². The van der Waals surface area contributed by atoms with Crippen molar-refractivity contribution < 1.29 is 10.2 Å². The molecule has 1 aromatic carbocycles. The van der Waals surface area contributed by atoms with E-state index >= 15 is 0 Å². The van der Waals surface area contributed by atoms with E-state index in [1.807, 2.05) is 24.3 Å². The highest BCUT2D eigenvalue weighted by Gasteiger charge is 2.13. The van der Waals surface area contributed by atoms with Crippen molar-refractivity contribution in [1.29, 1.82) is 0 Å². The van der Waals surface area contributed by atoms with Gasteiger partial charge in [0.05, 0.1) is 13.2 Å². The summed E-state index contributed by atoms with van der Waals surface area (Å²) in [5.41, 5.74) is 0. The van der Waals surface area contributed by atoms with Gasteiger partial charge in [0, 0.05) is 23.9 Å². The van der Waals surface area contributed by atoms with Gasteiger partial charge < -0.3 is 15.1 Å². The maximum absolute atomic E-state index is 9.05. The molecule has 1 aromatic heterocycles. The fourth-order valence-corrected chi connectivity index (χ4v) is 2.06. The Labute approximate surface area is 110 Å². The fraction of sp³-hybridized carbons (Fsp3) is 0.333. The van der Waals surface area contributed by atoms with Crippen LogP contribution in [0.25, 0.3) is 10.8 Å². The van der Waals surface area contributed by atoms with Crippen LogP contribution >= 0.6 is 11.6 Å². The van der Waals surface area contributed by atoms with Crippen LogP contribution in [0.15, 0.2) is 24.3 Å². The highest BCUT2D eigenvalue weighted by Crippen LogP contribution is 2.27. The Kier molecular flexibility index (Phi) is 4.30. The predicted molar refractivity (Wildman–Crippen MR) is 70.9 cm³/mol. The Balaban J connectivity index is 2.52. The fourth-order valence-electron chi connectivity index (χ4n) is 1.86. The van der Waals surface area contributed by atoms with Gasteiger partial charge in [-0.1, -0.05) is 35.9 Å². The standard InChI is InChI=1S/C12H14ClN3O2/c13-11-9-3-1-2-4-10(9)12(15-14-11)16(5-7-17)6-8-18/h1-4,17-18H,5-8H2. The van der Waals surface area contributed by atoms with Gasteiger partial charge in [-0.3, -0.25) is 0 Å². The zero-order valence-corrected chi connectivity index (χ0v) is 10.5. The summed E-state index contributed by atoms with van der Waals surface area (Å²) in [6.07, 6.45) is 0. The Hall–Kier alpha value is -1.43. The van der Waals surface area contributed by atoms with Crippen LogP contribution in [0.4, 0.5) is 5.82 Å². The molecule has 0 saturated heterocycles. The molecule has 6 heteroatoms. The van der Waals surface area contributed by atoms with E-state index in [0.717, 1.165) is 10.8 Å². The first-order chi connectivity index (χ1) is 8.77. The minimum Gasteiger partial charge on any atom is -0.395 e. The molecule has 2 aromatic rings. The molecule has 0 saturated carbocycles. The van der Waals surface area contributed by atoms with Gasteiger partial charge in [-0.15, -0.1) is 10.2 Å². The first-order valence-electron chi connectivity index (χ1n) is 5.65. The van der Waals surface area contributed by atoms with Crippen LogP contribution in [0.2, 0.25) is 5.15 Å². The summed E-state index contributed by atoms with van der Waals surface area (Å²) in [6, 6.07) is 7.53. The molecule has 2 rings (SSSR count). The van der Waals surface area contributed by atoms with Crippen LogP contribution in [0.5, 0.6) is 0 Å². The molecule has 0 atom stereocenters. The van der Waals surface area contributed by atoms with Crippen molar-refractivity contribution in [1.82, 2.24) is 10.2 Å². The van der Waals surface area contributed by atoms with E-state index in [1.165, 1.54) is 0 Å². The van der Waals surface area contributed by atoms with Crippen molar-refractivity contribution in [2.24, 2.45) is 0 Å². The molecule has 18 heavy (non-hydrogen) atoms. The molecule has 0 amide bonds. The van der Waals surface area contributed by atoms with Crippen molar-refractivity contribution in [2.75, 3.05) is 31.2 Å². The average molecular weight is 268 g/mol. The monoisotopic (exact) mass is 267 g/mol. The molecule has 5 nitrogen and oxygen atoms in total. The summed E-state index contributed by atoms with van der Waals surface area (Å²) >= 11 is 6.00. The molecule has 1 heterocycles. The molecule has 0 radical (unpaired) electrons. The maximum atomic E-state index is 9.05. The SMILES string of the molecule is OCCN(CCO)c1nnc(Cl)c2ccccc12. The van der Waals surface area contributed by atoms with Gasteiger partial charge in [0.25, 0.3) is 0 Å². The van der Waals surface area contributed by atoms with Gasteiger partial charge in [0.2, 0.25) is 0 Å². The molecule has 2 N–H and O–H groups in total. The summed E-state index contributed by atoms with van der Waals surface area (Å²) in [4.78, 5) is 1.78. The van der Waals surface area contributed by atoms with Crippen molar-refractivity contribution in [3.8, 4) is 0 Å². The largest absolute Gasteiger partial charge is 0.395 e. The Morgan fingerprint density at radius 2 is 1.61 bits per heavy atom. The summed E-state index contributed by atoms with van der Waals surface area (Å²) < 4.78 is 0. The number of anilines is 1. The van der Waals surface area contributed by atoms with Crippen LogP contribution in [-0.4, -0.2) is 46.7 Å². The number of halogens is 1. The number of fused-ring (bicyclic) bond motifs is 1. The topological polar surface area (TPSA) is 69.5 Å².